The first kappa shape index (κ1) is 18.7. The molecule has 0 spiro atoms. The molecule has 0 aliphatic carbocycles. The Morgan fingerprint density at radius 2 is 2.22 bits per heavy atom. The van der Waals surface area contributed by atoms with Gasteiger partial charge in [0.25, 0.3) is 5.91 Å². The zero-order valence-corrected chi connectivity index (χ0v) is 12.4. The van der Waals surface area contributed by atoms with Crippen LogP contribution in [0.2, 0.25) is 0 Å². The molecule has 2 N–H and O–H groups in total. The third-order valence-electron chi connectivity index (χ3n) is 2.98. The molecule has 0 radical (unpaired) electrons. The number of allylic oxidation sites excluding steroid dienone is 3. The number of hydrogen-bond acceptors (Lipinski definition) is 4. The first-order chi connectivity index (χ1) is 10.9. The van der Waals surface area contributed by atoms with Gasteiger partial charge in [0, 0.05) is 11.6 Å². The molecule has 1 aromatic heterocycles. The summed E-state index contributed by atoms with van der Waals surface area (Å²) in [6.45, 7) is 4.10. The monoisotopic (exact) mass is 330 g/mol. The van der Waals surface area contributed by atoms with E-state index in [0.717, 1.165) is 0 Å². The lowest BCUT2D eigenvalue weighted by Crippen LogP contribution is -2.47. The Labute approximate surface area is 131 Å². The SMILES string of the molecule is C=C(/C=C\C(=C/C)[C@@H](O)[C@@H](CF)NC(=O)C(F)F)c1ccno1. The number of nitrogens with zero attached hydrogens (tertiary/aromatic N) is 1. The van der Waals surface area contributed by atoms with Crippen molar-refractivity contribution in [1.82, 2.24) is 10.5 Å². The third kappa shape index (κ3) is 5.41. The highest BCUT2D eigenvalue weighted by Gasteiger charge is 2.26. The molecule has 23 heavy (non-hydrogen) atoms. The van der Waals surface area contributed by atoms with Crippen molar-refractivity contribution in [1.29, 1.82) is 0 Å². The Balaban J connectivity index is 2.79. The van der Waals surface area contributed by atoms with Crippen molar-refractivity contribution < 1.29 is 27.6 Å². The highest BCUT2D eigenvalue weighted by atomic mass is 19.3. The highest BCUT2D eigenvalue weighted by Crippen LogP contribution is 2.16. The van der Waals surface area contributed by atoms with Crippen LogP contribution in [-0.4, -0.2) is 41.4 Å². The number of alkyl halides is 3. The van der Waals surface area contributed by atoms with Crippen LogP contribution >= 0.6 is 0 Å². The summed E-state index contributed by atoms with van der Waals surface area (Å²) in [5.41, 5.74) is 0.672. The van der Waals surface area contributed by atoms with Gasteiger partial charge in [0.05, 0.1) is 12.2 Å². The molecular weight excluding hydrogens is 313 g/mol. The van der Waals surface area contributed by atoms with Crippen LogP contribution in [0.3, 0.4) is 0 Å². The van der Waals surface area contributed by atoms with Crippen LogP contribution < -0.4 is 5.32 Å². The van der Waals surface area contributed by atoms with E-state index in [9.17, 15) is 23.1 Å². The maximum absolute atomic E-state index is 12.9. The van der Waals surface area contributed by atoms with E-state index < -0.39 is 31.2 Å². The normalized spacial score (nSPS) is 15.0. The number of carbonyl (C=O) groups excluding carboxylic acids is 1. The standard InChI is InChI=1S/C15H17F3N2O3/c1-3-10(5-4-9(2)12-6-7-19-23-12)13(21)11(8-16)20-15(22)14(17)18/h3-7,11,13-14,21H,2,8H2,1H3,(H,20,22)/b5-4-,10-3+/t11-,13-/m1/s1. The highest BCUT2D eigenvalue weighted by molar-refractivity contribution is 5.79. The number of carbonyl (C=O) groups is 1. The minimum Gasteiger partial charge on any atom is -0.386 e. The molecule has 1 heterocycles. The number of aromatic nitrogens is 1. The van der Waals surface area contributed by atoms with E-state index in [1.807, 2.05) is 0 Å². The average molecular weight is 330 g/mol. The second-order valence-electron chi connectivity index (χ2n) is 4.54. The molecule has 0 saturated heterocycles. The summed E-state index contributed by atoms with van der Waals surface area (Å²) in [6.07, 6.45) is 1.03. The van der Waals surface area contributed by atoms with E-state index in [1.54, 1.807) is 18.3 Å². The average Bonchev–Trinajstić information content (AvgIpc) is 3.06. The van der Waals surface area contributed by atoms with Crippen molar-refractivity contribution in [2.75, 3.05) is 6.67 Å². The fourth-order valence-electron chi connectivity index (χ4n) is 1.71. The third-order valence-corrected chi connectivity index (χ3v) is 2.98. The molecule has 0 aliphatic rings. The molecule has 0 bridgehead atoms. The van der Waals surface area contributed by atoms with Crippen LogP contribution in [0.25, 0.3) is 5.57 Å². The van der Waals surface area contributed by atoms with E-state index in [2.05, 4.69) is 11.7 Å². The quantitative estimate of drug-likeness (QED) is 0.717. The van der Waals surface area contributed by atoms with Crippen LogP contribution in [0.1, 0.15) is 12.7 Å². The molecule has 8 heteroatoms. The van der Waals surface area contributed by atoms with Crippen LogP contribution in [0.15, 0.2) is 47.2 Å². The van der Waals surface area contributed by atoms with Gasteiger partial charge in [0.15, 0.2) is 5.76 Å². The van der Waals surface area contributed by atoms with Crippen molar-refractivity contribution in [3.05, 3.63) is 48.4 Å². The van der Waals surface area contributed by atoms with Gasteiger partial charge < -0.3 is 14.9 Å². The van der Waals surface area contributed by atoms with Crippen LogP contribution in [0.5, 0.6) is 0 Å². The van der Waals surface area contributed by atoms with E-state index in [1.165, 1.54) is 24.4 Å². The molecule has 0 aromatic carbocycles. The maximum atomic E-state index is 12.9. The maximum Gasteiger partial charge on any atom is 0.315 e. The zero-order valence-electron chi connectivity index (χ0n) is 12.4. The summed E-state index contributed by atoms with van der Waals surface area (Å²) in [5, 5.41) is 15.3. The molecule has 0 fully saturated rings. The number of rotatable bonds is 8. The fraction of sp³-hybridized carbons (Fsp3) is 0.333. The Hall–Kier alpha value is -2.35. The molecular formula is C15H17F3N2O3. The van der Waals surface area contributed by atoms with Gasteiger partial charge >= 0.3 is 6.43 Å². The summed E-state index contributed by atoms with van der Waals surface area (Å²) in [6, 6.07) is 0.0944. The van der Waals surface area contributed by atoms with E-state index in [4.69, 9.17) is 4.52 Å². The topological polar surface area (TPSA) is 75.4 Å². The van der Waals surface area contributed by atoms with Crippen LogP contribution in [-0.2, 0) is 4.79 Å². The lowest BCUT2D eigenvalue weighted by molar-refractivity contribution is -0.133. The van der Waals surface area contributed by atoms with Crippen molar-refractivity contribution in [3.8, 4) is 0 Å². The predicted molar refractivity (Wildman–Crippen MR) is 78.4 cm³/mol. The van der Waals surface area contributed by atoms with Crippen LogP contribution in [0, 0.1) is 0 Å². The Bertz CT molecular complexity index is 583. The van der Waals surface area contributed by atoms with Crippen molar-refractivity contribution in [3.63, 3.8) is 0 Å². The van der Waals surface area contributed by atoms with Crippen molar-refractivity contribution in [2.24, 2.45) is 0 Å². The van der Waals surface area contributed by atoms with Gasteiger partial charge in [0.1, 0.15) is 12.8 Å². The van der Waals surface area contributed by atoms with Gasteiger partial charge in [-0.05, 0) is 12.5 Å². The minimum absolute atomic E-state index is 0.225. The van der Waals surface area contributed by atoms with E-state index in [0.29, 0.717) is 11.3 Å². The fourth-order valence-corrected chi connectivity index (χ4v) is 1.71. The number of amides is 1. The van der Waals surface area contributed by atoms with Gasteiger partial charge in [-0.3, -0.25) is 4.79 Å². The summed E-state index contributed by atoms with van der Waals surface area (Å²) in [4.78, 5) is 10.9. The van der Waals surface area contributed by atoms with E-state index in [-0.39, 0.29) is 5.57 Å². The Morgan fingerprint density at radius 1 is 1.52 bits per heavy atom. The molecule has 126 valence electrons. The lowest BCUT2D eigenvalue weighted by atomic mass is 10.0. The number of hydrogen-bond donors (Lipinski definition) is 2. The van der Waals surface area contributed by atoms with Gasteiger partial charge in [-0.15, -0.1) is 0 Å². The Morgan fingerprint density at radius 3 is 2.70 bits per heavy atom. The van der Waals surface area contributed by atoms with Gasteiger partial charge in [0.2, 0.25) is 0 Å². The van der Waals surface area contributed by atoms with Gasteiger partial charge in [-0.25, -0.2) is 4.39 Å². The zero-order chi connectivity index (χ0) is 17.4. The molecule has 1 amide bonds. The molecule has 0 saturated carbocycles. The molecule has 5 nitrogen and oxygen atoms in total. The Kier molecular flexibility index (Phi) is 7.27. The molecule has 1 aromatic rings. The minimum atomic E-state index is -3.29. The first-order valence-electron chi connectivity index (χ1n) is 6.67. The molecule has 1 rings (SSSR count). The van der Waals surface area contributed by atoms with E-state index >= 15 is 0 Å². The summed E-state index contributed by atoms with van der Waals surface area (Å²) in [7, 11) is 0. The second kappa shape index (κ2) is 8.94. The van der Waals surface area contributed by atoms with Gasteiger partial charge in [-0.1, -0.05) is 30.0 Å². The number of nitrogens with one attached hydrogen (secondary N) is 1. The van der Waals surface area contributed by atoms with Gasteiger partial charge in [-0.2, -0.15) is 8.78 Å². The van der Waals surface area contributed by atoms with Crippen molar-refractivity contribution in [2.45, 2.75) is 25.5 Å². The molecule has 2 atom stereocenters. The lowest BCUT2D eigenvalue weighted by Gasteiger charge is -2.22. The predicted octanol–water partition coefficient (Wildman–Crippen LogP) is 2.27. The second-order valence-corrected chi connectivity index (χ2v) is 4.54. The number of aliphatic hydroxyl groups is 1. The number of aliphatic hydroxyl groups excluding tert-OH is 1. The summed E-state index contributed by atoms with van der Waals surface area (Å²) in [5.74, 6) is -1.24. The smallest absolute Gasteiger partial charge is 0.315 e. The summed E-state index contributed by atoms with van der Waals surface area (Å²) >= 11 is 0. The molecule has 0 aliphatic heterocycles. The van der Waals surface area contributed by atoms with Crippen LogP contribution in [0.4, 0.5) is 13.2 Å². The largest absolute Gasteiger partial charge is 0.386 e. The van der Waals surface area contributed by atoms with Crippen molar-refractivity contribution >= 4 is 11.5 Å². The first-order valence-corrected chi connectivity index (χ1v) is 6.67. The molecule has 0 unspecified atom stereocenters. The summed E-state index contributed by atoms with van der Waals surface area (Å²) < 4.78 is 42.2. The number of halogens is 3.